The van der Waals surface area contributed by atoms with Crippen LogP contribution >= 0.6 is 11.3 Å². The topological polar surface area (TPSA) is 71.7 Å². The Morgan fingerprint density at radius 1 is 1.25 bits per heavy atom. The lowest BCUT2D eigenvalue weighted by atomic mass is 9.90. The van der Waals surface area contributed by atoms with E-state index in [-0.39, 0.29) is 5.91 Å². The van der Waals surface area contributed by atoms with Crippen LogP contribution in [0.4, 0.5) is 0 Å². The van der Waals surface area contributed by atoms with Gasteiger partial charge in [0.25, 0.3) is 5.19 Å². The lowest BCUT2D eigenvalue weighted by Gasteiger charge is -2.51. The molecule has 4 aromatic rings. The van der Waals surface area contributed by atoms with Gasteiger partial charge in [-0.25, -0.2) is 4.98 Å². The number of furan rings is 1. The van der Waals surface area contributed by atoms with Crippen molar-refractivity contribution in [2.75, 3.05) is 19.6 Å². The summed E-state index contributed by atoms with van der Waals surface area (Å²) in [6, 6.07) is 10.7. The van der Waals surface area contributed by atoms with Crippen molar-refractivity contribution < 1.29 is 13.9 Å². The highest BCUT2D eigenvalue weighted by atomic mass is 32.1. The van der Waals surface area contributed by atoms with E-state index in [9.17, 15) is 4.79 Å². The van der Waals surface area contributed by atoms with Crippen LogP contribution in [0.1, 0.15) is 25.3 Å². The molecule has 1 aromatic carbocycles. The van der Waals surface area contributed by atoms with E-state index in [0.29, 0.717) is 28.7 Å². The van der Waals surface area contributed by atoms with Gasteiger partial charge in [0.05, 0.1) is 11.0 Å². The van der Waals surface area contributed by atoms with Gasteiger partial charge in [0.1, 0.15) is 11.3 Å². The maximum Gasteiger partial charge on any atom is 0.281 e. The Morgan fingerprint density at radius 2 is 2.16 bits per heavy atom. The Balaban J connectivity index is 1.14. The van der Waals surface area contributed by atoms with E-state index in [1.807, 2.05) is 30.5 Å². The summed E-state index contributed by atoms with van der Waals surface area (Å²) in [7, 11) is 0. The normalized spacial score (nSPS) is 21.0. The van der Waals surface area contributed by atoms with Crippen LogP contribution in [0.25, 0.3) is 21.3 Å². The number of nitrogens with zero attached hydrogens (tertiary/aromatic N) is 4. The van der Waals surface area contributed by atoms with Gasteiger partial charge in [-0.3, -0.25) is 9.69 Å². The summed E-state index contributed by atoms with van der Waals surface area (Å²) in [6.45, 7) is 4.52. The first kappa shape index (κ1) is 19.7. The number of benzene rings is 1. The van der Waals surface area contributed by atoms with Crippen LogP contribution < -0.4 is 4.74 Å². The van der Waals surface area contributed by atoms with Crippen LogP contribution in [0, 0.1) is 0 Å². The average molecular weight is 449 g/mol. The molecule has 0 saturated carbocycles. The van der Waals surface area contributed by atoms with E-state index in [4.69, 9.17) is 9.15 Å². The number of fused-ring (bicyclic) bond motifs is 5. The fourth-order valence-corrected chi connectivity index (χ4v) is 5.85. The Labute approximate surface area is 189 Å². The van der Waals surface area contributed by atoms with E-state index in [2.05, 4.69) is 25.8 Å². The quantitative estimate of drug-likeness (QED) is 0.449. The number of hydrogen-bond acceptors (Lipinski definition) is 7. The highest BCUT2D eigenvalue weighted by Crippen LogP contribution is 2.33. The third-order valence-corrected chi connectivity index (χ3v) is 7.58. The van der Waals surface area contributed by atoms with Crippen molar-refractivity contribution >= 4 is 38.6 Å². The lowest BCUT2D eigenvalue weighted by Crippen LogP contribution is -2.63. The second-order valence-corrected chi connectivity index (χ2v) is 9.62. The highest BCUT2D eigenvalue weighted by molar-refractivity contribution is 7.20. The predicted molar refractivity (Wildman–Crippen MR) is 123 cm³/mol. The van der Waals surface area contributed by atoms with Gasteiger partial charge in [0.15, 0.2) is 5.65 Å². The molecule has 1 amide bonds. The van der Waals surface area contributed by atoms with E-state index >= 15 is 0 Å². The van der Waals surface area contributed by atoms with Crippen molar-refractivity contribution in [2.45, 2.75) is 38.3 Å². The summed E-state index contributed by atoms with van der Waals surface area (Å²) in [5.74, 6) is 0.912. The maximum atomic E-state index is 11.9. The van der Waals surface area contributed by atoms with Crippen LogP contribution in [0.5, 0.6) is 10.9 Å². The zero-order chi connectivity index (χ0) is 21.7. The van der Waals surface area contributed by atoms with Gasteiger partial charge in [-0.1, -0.05) is 11.3 Å². The number of carbonyl (C=O) groups is 1. The molecule has 3 fully saturated rings. The van der Waals surface area contributed by atoms with Crippen molar-refractivity contribution in [2.24, 2.45) is 0 Å². The second kappa shape index (κ2) is 7.86. The first-order valence-electron chi connectivity index (χ1n) is 11.0. The summed E-state index contributed by atoms with van der Waals surface area (Å²) < 4.78 is 12.8. The Kier molecular flexibility index (Phi) is 4.84. The zero-order valence-corrected chi connectivity index (χ0v) is 18.7. The molecule has 6 heterocycles. The number of carbonyl (C=O) groups excluding carboxylic acids is 1. The number of pyridine rings is 1. The number of aromatic nitrogens is 2. The van der Waals surface area contributed by atoms with Crippen LogP contribution in [0.2, 0.25) is 0 Å². The Morgan fingerprint density at radius 3 is 2.97 bits per heavy atom. The first-order chi connectivity index (χ1) is 15.6. The molecular weight excluding hydrogens is 424 g/mol. The fourth-order valence-electron chi connectivity index (χ4n) is 5.05. The van der Waals surface area contributed by atoms with Gasteiger partial charge >= 0.3 is 0 Å². The molecule has 3 saturated heterocycles. The monoisotopic (exact) mass is 448 g/mol. The fraction of sp³-hybridized carbons (Fsp3) is 0.375. The van der Waals surface area contributed by atoms with E-state index in [1.165, 1.54) is 23.3 Å². The third kappa shape index (κ3) is 3.53. The Hall–Kier alpha value is -2.97. The van der Waals surface area contributed by atoms with Crippen molar-refractivity contribution in [3.05, 3.63) is 48.4 Å². The van der Waals surface area contributed by atoms with E-state index in [0.717, 1.165) is 48.1 Å². The van der Waals surface area contributed by atoms with Gasteiger partial charge < -0.3 is 14.1 Å². The molecule has 3 aliphatic heterocycles. The molecule has 3 aliphatic rings. The minimum Gasteiger partial charge on any atom is -0.464 e. The smallest absolute Gasteiger partial charge is 0.281 e. The molecule has 2 atom stereocenters. The summed E-state index contributed by atoms with van der Waals surface area (Å²) in [5, 5.41) is 1.69. The number of rotatable bonds is 5. The van der Waals surface area contributed by atoms with Crippen LogP contribution in [0.3, 0.4) is 0 Å². The molecule has 0 spiro atoms. The highest BCUT2D eigenvalue weighted by Gasteiger charge is 2.39. The molecule has 7 nitrogen and oxygen atoms in total. The number of thiazole rings is 1. The Bertz CT molecular complexity index is 1270. The summed E-state index contributed by atoms with van der Waals surface area (Å²) in [4.78, 5) is 25.2. The SMILES string of the molecule is CC(=O)N1CC2CCC1CN2CCc1coc2cc(Oc3nc4ncccc4s3)ccc12. The molecule has 3 aromatic heterocycles. The molecule has 2 unspecified atom stereocenters. The number of piperidine rings is 2. The largest absolute Gasteiger partial charge is 0.464 e. The van der Waals surface area contributed by atoms with Gasteiger partial charge in [-0.2, -0.15) is 4.98 Å². The van der Waals surface area contributed by atoms with Crippen LogP contribution in [-0.2, 0) is 11.2 Å². The average Bonchev–Trinajstić information content (AvgIpc) is 3.41. The molecule has 7 rings (SSSR count). The molecule has 32 heavy (non-hydrogen) atoms. The van der Waals surface area contributed by atoms with E-state index in [1.54, 1.807) is 13.1 Å². The summed E-state index contributed by atoms with van der Waals surface area (Å²) in [6.07, 6.45) is 6.84. The minimum absolute atomic E-state index is 0.209. The molecule has 164 valence electrons. The lowest BCUT2D eigenvalue weighted by molar-refractivity contribution is -0.139. The van der Waals surface area contributed by atoms with Crippen molar-refractivity contribution in [3.8, 4) is 10.9 Å². The number of hydrogen-bond donors (Lipinski definition) is 0. The van der Waals surface area contributed by atoms with Crippen LogP contribution in [-0.4, -0.2) is 57.4 Å². The first-order valence-corrected chi connectivity index (χ1v) is 11.9. The summed E-state index contributed by atoms with van der Waals surface area (Å²) >= 11 is 1.48. The number of piperazine rings is 1. The molecule has 0 N–H and O–H groups in total. The van der Waals surface area contributed by atoms with Gasteiger partial charge in [0, 0.05) is 56.3 Å². The van der Waals surface area contributed by atoms with Gasteiger partial charge in [-0.15, -0.1) is 0 Å². The van der Waals surface area contributed by atoms with Gasteiger partial charge in [-0.05, 0) is 49.1 Å². The molecule has 8 heteroatoms. The standard InChI is InChI=1S/C24H24N4O3S/c1-15(29)28-13-17-4-5-18(28)12-27(17)10-8-16-14-30-21-11-19(6-7-20(16)21)31-24-26-23-22(32-24)3-2-9-25-23/h2-3,6-7,9,11,14,17-18H,4-5,8,10,12-13H2,1H3. The van der Waals surface area contributed by atoms with Crippen molar-refractivity contribution in [1.29, 1.82) is 0 Å². The van der Waals surface area contributed by atoms with Crippen molar-refractivity contribution in [3.63, 3.8) is 0 Å². The molecular formula is C24H24N4O3S. The molecule has 2 bridgehead atoms. The minimum atomic E-state index is 0.209. The summed E-state index contributed by atoms with van der Waals surface area (Å²) in [5.41, 5.74) is 2.73. The second-order valence-electron chi connectivity index (χ2n) is 8.63. The zero-order valence-electron chi connectivity index (χ0n) is 17.9. The predicted octanol–water partition coefficient (Wildman–Crippen LogP) is 4.47. The van der Waals surface area contributed by atoms with Crippen molar-refractivity contribution in [1.82, 2.24) is 19.8 Å². The van der Waals surface area contributed by atoms with E-state index < -0.39 is 0 Å². The number of amides is 1. The maximum absolute atomic E-state index is 11.9. The molecule has 0 radical (unpaired) electrons. The third-order valence-electron chi connectivity index (χ3n) is 6.69. The molecule has 0 aliphatic carbocycles. The van der Waals surface area contributed by atoms with Crippen LogP contribution in [0.15, 0.2) is 47.2 Å². The number of ether oxygens (including phenoxy) is 1. The van der Waals surface area contributed by atoms with Gasteiger partial charge in [0.2, 0.25) is 5.91 Å².